The first-order valence-electron chi connectivity index (χ1n) is 9.39. The van der Waals surface area contributed by atoms with Crippen molar-refractivity contribution in [3.8, 4) is 5.75 Å². The Morgan fingerprint density at radius 1 is 0.833 bits per heavy atom. The lowest BCUT2D eigenvalue weighted by Gasteiger charge is -2.08. The molecule has 0 radical (unpaired) electrons. The van der Waals surface area contributed by atoms with Crippen LogP contribution >= 0.6 is 11.3 Å². The lowest BCUT2D eigenvalue weighted by atomic mass is 10.1. The number of carbonyl (C=O) groups is 3. The predicted octanol–water partition coefficient (Wildman–Crippen LogP) is 4.92. The Morgan fingerprint density at radius 3 is 2.07 bits per heavy atom. The van der Waals surface area contributed by atoms with Gasteiger partial charge in [0.25, 0.3) is 5.91 Å². The minimum Gasteiger partial charge on any atom is -0.497 e. The molecular weight excluding hydrogens is 400 g/mol. The molecule has 154 valence electrons. The second-order valence-corrected chi connectivity index (χ2v) is 7.93. The zero-order valence-electron chi connectivity index (χ0n) is 16.7. The van der Waals surface area contributed by atoms with Crippen LogP contribution in [0.1, 0.15) is 37.7 Å². The van der Waals surface area contributed by atoms with Crippen molar-refractivity contribution >= 4 is 40.3 Å². The van der Waals surface area contributed by atoms with E-state index in [9.17, 15) is 14.4 Å². The number of carbonyl (C=O) groups excluding carboxylic acids is 3. The van der Waals surface area contributed by atoms with Gasteiger partial charge in [-0.05, 0) is 67.6 Å². The normalized spacial score (nSPS) is 10.3. The van der Waals surface area contributed by atoms with Gasteiger partial charge in [-0.2, -0.15) is 0 Å². The lowest BCUT2D eigenvalue weighted by Crippen LogP contribution is -2.14. The van der Waals surface area contributed by atoms with Gasteiger partial charge >= 0.3 is 0 Å². The fraction of sp³-hybridized carbons (Fsp3) is 0.174. The molecule has 3 rings (SSSR count). The molecule has 30 heavy (non-hydrogen) atoms. The summed E-state index contributed by atoms with van der Waals surface area (Å²) in [4.78, 5) is 38.3. The van der Waals surface area contributed by atoms with E-state index in [0.29, 0.717) is 27.6 Å². The number of methoxy groups -OCH3 is 1. The van der Waals surface area contributed by atoms with Gasteiger partial charge in [0.15, 0.2) is 5.78 Å². The second-order valence-electron chi connectivity index (χ2n) is 6.64. The average molecular weight is 423 g/mol. The highest BCUT2D eigenvalue weighted by Crippen LogP contribution is 2.19. The summed E-state index contributed by atoms with van der Waals surface area (Å²) in [6, 6.07) is 17.3. The van der Waals surface area contributed by atoms with Crippen molar-refractivity contribution in [3.05, 3.63) is 76.0 Å². The molecule has 0 saturated heterocycles. The van der Waals surface area contributed by atoms with Crippen LogP contribution in [0.4, 0.5) is 11.4 Å². The Morgan fingerprint density at radius 2 is 1.47 bits per heavy atom. The Balaban J connectivity index is 1.50. The van der Waals surface area contributed by atoms with Crippen LogP contribution in [0, 0.1) is 6.92 Å². The molecule has 2 amide bonds. The maximum absolute atomic E-state index is 12.3. The molecular formula is C23H22N2O4S. The molecule has 1 heterocycles. The maximum Gasteiger partial charge on any atom is 0.255 e. The largest absolute Gasteiger partial charge is 0.497 e. The number of thiophene rings is 1. The third-order valence-corrected chi connectivity index (χ3v) is 5.41. The highest BCUT2D eigenvalue weighted by molar-refractivity contribution is 7.14. The van der Waals surface area contributed by atoms with Crippen LogP contribution in [-0.2, 0) is 4.79 Å². The van der Waals surface area contributed by atoms with E-state index in [1.807, 2.05) is 13.0 Å². The summed E-state index contributed by atoms with van der Waals surface area (Å²) in [6.07, 6.45) is 0.267. The second kappa shape index (κ2) is 9.84. The number of benzene rings is 2. The molecule has 0 unspecified atom stereocenters. The number of ether oxygens (including phenoxy) is 1. The van der Waals surface area contributed by atoms with E-state index in [2.05, 4.69) is 10.6 Å². The Hall–Kier alpha value is -3.45. The first kappa shape index (κ1) is 21.3. The van der Waals surface area contributed by atoms with E-state index < -0.39 is 0 Å². The standard InChI is InChI=1S/C23H22N2O4S/c1-15-3-13-21(30-15)20(26)12-14-22(27)24-17-6-4-16(5-7-17)23(28)25-18-8-10-19(29-2)11-9-18/h3-11,13H,12,14H2,1-2H3,(H,24,27)(H,25,28). The fourth-order valence-corrected chi connectivity index (χ4v) is 3.58. The molecule has 2 N–H and O–H groups in total. The van der Waals surface area contributed by atoms with Crippen molar-refractivity contribution in [2.24, 2.45) is 0 Å². The van der Waals surface area contributed by atoms with Crippen molar-refractivity contribution in [1.82, 2.24) is 0 Å². The van der Waals surface area contributed by atoms with E-state index in [1.165, 1.54) is 11.3 Å². The van der Waals surface area contributed by atoms with Crippen molar-refractivity contribution in [2.75, 3.05) is 17.7 Å². The number of ketones is 1. The van der Waals surface area contributed by atoms with Crippen LogP contribution in [-0.4, -0.2) is 24.7 Å². The number of aryl methyl sites for hydroxylation is 1. The molecule has 3 aromatic rings. The van der Waals surface area contributed by atoms with Gasteiger partial charge in [0, 0.05) is 34.7 Å². The zero-order chi connectivity index (χ0) is 21.5. The van der Waals surface area contributed by atoms with Crippen molar-refractivity contribution in [3.63, 3.8) is 0 Å². The number of Topliss-reactive ketones (excluding diaryl/α,β-unsaturated/α-hetero) is 1. The Kier molecular flexibility index (Phi) is 6.98. The maximum atomic E-state index is 12.3. The third-order valence-electron chi connectivity index (χ3n) is 4.37. The van der Waals surface area contributed by atoms with Crippen molar-refractivity contribution < 1.29 is 19.1 Å². The number of nitrogens with one attached hydrogen (secondary N) is 2. The van der Waals surface area contributed by atoms with Crippen LogP contribution in [0.2, 0.25) is 0 Å². The van der Waals surface area contributed by atoms with E-state index in [4.69, 9.17) is 4.74 Å². The SMILES string of the molecule is COc1ccc(NC(=O)c2ccc(NC(=O)CCC(=O)c3ccc(C)s3)cc2)cc1. The molecule has 7 heteroatoms. The quantitative estimate of drug-likeness (QED) is 0.505. The van der Waals surface area contributed by atoms with Gasteiger partial charge in [0.05, 0.1) is 12.0 Å². The molecule has 2 aromatic carbocycles. The molecule has 0 bridgehead atoms. The van der Waals surface area contributed by atoms with Crippen LogP contribution in [0.3, 0.4) is 0 Å². The van der Waals surface area contributed by atoms with Crippen molar-refractivity contribution in [2.45, 2.75) is 19.8 Å². The molecule has 0 aliphatic rings. The molecule has 0 aliphatic carbocycles. The third kappa shape index (κ3) is 5.78. The smallest absolute Gasteiger partial charge is 0.255 e. The number of hydrogen-bond donors (Lipinski definition) is 2. The van der Waals surface area contributed by atoms with Gasteiger partial charge in [0.1, 0.15) is 5.75 Å². The van der Waals surface area contributed by atoms with Crippen LogP contribution in [0.15, 0.2) is 60.7 Å². The summed E-state index contributed by atoms with van der Waals surface area (Å²) in [5.74, 6) is 0.177. The number of amides is 2. The van der Waals surface area contributed by atoms with E-state index in [-0.39, 0.29) is 30.4 Å². The summed E-state index contributed by atoms with van der Waals surface area (Å²) in [6.45, 7) is 1.94. The summed E-state index contributed by atoms with van der Waals surface area (Å²) < 4.78 is 5.09. The van der Waals surface area contributed by atoms with Gasteiger partial charge in [0.2, 0.25) is 5.91 Å². The molecule has 6 nitrogen and oxygen atoms in total. The van der Waals surface area contributed by atoms with Crippen molar-refractivity contribution in [1.29, 1.82) is 0 Å². The minimum atomic E-state index is -0.255. The molecule has 0 aliphatic heterocycles. The van der Waals surface area contributed by atoms with Gasteiger partial charge < -0.3 is 15.4 Å². The topological polar surface area (TPSA) is 84.5 Å². The molecule has 0 fully saturated rings. The van der Waals surface area contributed by atoms with Gasteiger partial charge in [-0.1, -0.05) is 0 Å². The van der Waals surface area contributed by atoms with Gasteiger partial charge in [-0.3, -0.25) is 14.4 Å². The first-order chi connectivity index (χ1) is 14.4. The summed E-state index contributed by atoms with van der Waals surface area (Å²) >= 11 is 1.43. The lowest BCUT2D eigenvalue weighted by molar-refractivity contribution is -0.116. The summed E-state index contributed by atoms with van der Waals surface area (Å²) in [5, 5.41) is 5.55. The van der Waals surface area contributed by atoms with Crippen LogP contribution < -0.4 is 15.4 Å². The summed E-state index contributed by atoms with van der Waals surface area (Å²) in [7, 11) is 1.58. The van der Waals surface area contributed by atoms with E-state index in [0.717, 1.165) is 4.88 Å². The van der Waals surface area contributed by atoms with Gasteiger partial charge in [-0.25, -0.2) is 0 Å². The summed E-state index contributed by atoms with van der Waals surface area (Å²) in [5.41, 5.74) is 1.69. The minimum absolute atomic E-state index is 0.0335. The Bertz CT molecular complexity index is 1040. The van der Waals surface area contributed by atoms with Crippen LogP contribution in [0.5, 0.6) is 5.75 Å². The zero-order valence-corrected chi connectivity index (χ0v) is 17.5. The number of anilines is 2. The monoisotopic (exact) mass is 422 g/mol. The first-order valence-corrected chi connectivity index (χ1v) is 10.2. The molecule has 0 spiro atoms. The molecule has 0 saturated carbocycles. The van der Waals surface area contributed by atoms with E-state index in [1.54, 1.807) is 61.7 Å². The average Bonchev–Trinajstić information content (AvgIpc) is 3.19. The van der Waals surface area contributed by atoms with Crippen LogP contribution in [0.25, 0.3) is 0 Å². The van der Waals surface area contributed by atoms with E-state index >= 15 is 0 Å². The Labute approximate surface area is 178 Å². The highest BCUT2D eigenvalue weighted by Gasteiger charge is 2.12. The number of rotatable bonds is 8. The van der Waals surface area contributed by atoms with Gasteiger partial charge in [-0.15, -0.1) is 11.3 Å². The fourth-order valence-electron chi connectivity index (χ4n) is 2.74. The number of hydrogen-bond acceptors (Lipinski definition) is 5. The highest BCUT2D eigenvalue weighted by atomic mass is 32.1. The molecule has 1 aromatic heterocycles. The molecule has 0 atom stereocenters. The predicted molar refractivity (Wildman–Crippen MR) is 119 cm³/mol.